The normalized spacial score (nSPS) is 18.5. The van der Waals surface area contributed by atoms with Crippen LogP contribution in [0.5, 0.6) is 0 Å². The molecule has 1 rings (SSSR count). The van der Waals surface area contributed by atoms with Gasteiger partial charge >= 0.3 is 0 Å². The molecule has 1 atom stereocenters. The summed E-state index contributed by atoms with van der Waals surface area (Å²) in [6.45, 7) is 6.44. The van der Waals surface area contributed by atoms with Gasteiger partial charge in [-0.05, 0) is 32.7 Å². The Labute approximate surface area is 109 Å². The molecule has 104 valence electrons. The molecule has 0 aromatic heterocycles. The first-order valence-electron chi connectivity index (χ1n) is 6.86. The van der Waals surface area contributed by atoms with Crippen molar-refractivity contribution in [2.45, 2.75) is 33.1 Å². The Morgan fingerprint density at radius 1 is 1.39 bits per heavy atom. The number of carbonyl (C=O) groups is 2. The van der Waals surface area contributed by atoms with Crippen molar-refractivity contribution in [1.29, 1.82) is 0 Å². The zero-order valence-corrected chi connectivity index (χ0v) is 11.4. The summed E-state index contributed by atoms with van der Waals surface area (Å²) in [6, 6.07) is 0. The largest absolute Gasteiger partial charge is 0.356 e. The highest BCUT2D eigenvalue weighted by Gasteiger charge is 2.28. The van der Waals surface area contributed by atoms with Crippen molar-refractivity contribution in [2.24, 2.45) is 17.6 Å². The molecule has 0 aliphatic carbocycles. The Balaban J connectivity index is 2.39. The molecule has 1 heterocycles. The first-order valence-corrected chi connectivity index (χ1v) is 6.86. The smallest absolute Gasteiger partial charge is 0.225 e. The average Bonchev–Trinajstić information content (AvgIpc) is 2.38. The van der Waals surface area contributed by atoms with Crippen molar-refractivity contribution in [3.05, 3.63) is 0 Å². The summed E-state index contributed by atoms with van der Waals surface area (Å²) in [4.78, 5) is 25.6. The van der Waals surface area contributed by atoms with Gasteiger partial charge in [-0.3, -0.25) is 9.59 Å². The highest BCUT2D eigenvalue weighted by molar-refractivity contribution is 5.80. The molecule has 5 heteroatoms. The first-order chi connectivity index (χ1) is 8.60. The number of nitrogens with one attached hydrogen (secondary N) is 1. The number of nitrogens with zero attached hydrogens (tertiary/aromatic N) is 1. The predicted octanol–water partition coefficient (Wildman–Crippen LogP) is 0.346. The van der Waals surface area contributed by atoms with Crippen molar-refractivity contribution in [1.82, 2.24) is 10.2 Å². The van der Waals surface area contributed by atoms with Crippen LogP contribution in [-0.4, -0.2) is 42.9 Å². The van der Waals surface area contributed by atoms with E-state index in [4.69, 9.17) is 5.73 Å². The number of nitrogens with two attached hydrogens (primary N) is 1. The molecule has 0 spiro atoms. The summed E-state index contributed by atoms with van der Waals surface area (Å²) in [5, 5.41) is 2.84. The fraction of sp³-hybridized carbons (Fsp3) is 0.846. The van der Waals surface area contributed by atoms with Crippen LogP contribution in [0.2, 0.25) is 0 Å². The molecule has 3 N–H and O–H groups in total. The predicted molar refractivity (Wildman–Crippen MR) is 70.8 cm³/mol. The van der Waals surface area contributed by atoms with Gasteiger partial charge in [-0.2, -0.15) is 0 Å². The minimum atomic E-state index is -0.00369. The molecule has 1 unspecified atom stereocenters. The molecule has 18 heavy (non-hydrogen) atoms. The Kier molecular flexibility index (Phi) is 6.12. The van der Waals surface area contributed by atoms with E-state index in [0.29, 0.717) is 26.2 Å². The lowest BCUT2D eigenvalue weighted by Gasteiger charge is -2.33. The molecular formula is C13H25N3O2. The van der Waals surface area contributed by atoms with Crippen LogP contribution >= 0.6 is 0 Å². The maximum atomic E-state index is 12.1. The van der Waals surface area contributed by atoms with Crippen molar-refractivity contribution >= 4 is 11.8 Å². The average molecular weight is 255 g/mol. The monoisotopic (exact) mass is 255 g/mol. The van der Waals surface area contributed by atoms with E-state index >= 15 is 0 Å². The van der Waals surface area contributed by atoms with Crippen LogP contribution in [0.4, 0.5) is 0 Å². The molecule has 1 aliphatic heterocycles. The molecule has 0 aromatic carbocycles. The fourth-order valence-electron chi connectivity index (χ4n) is 2.37. The summed E-state index contributed by atoms with van der Waals surface area (Å²) >= 11 is 0. The molecule has 5 nitrogen and oxygen atoms in total. The van der Waals surface area contributed by atoms with E-state index in [0.717, 1.165) is 19.3 Å². The Morgan fingerprint density at radius 3 is 2.50 bits per heavy atom. The van der Waals surface area contributed by atoms with E-state index in [9.17, 15) is 9.59 Å². The summed E-state index contributed by atoms with van der Waals surface area (Å²) in [7, 11) is 0. The zero-order valence-electron chi connectivity index (χ0n) is 11.4. The van der Waals surface area contributed by atoms with E-state index in [2.05, 4.69) is 5.32 Å². The van der Waals surface area contributed by atoms with Gasteiger partial charge in [-0.25, -0.2) is 0 Å². The summed E-state index contributed by atoms with van der Waals surface area (Å²) in [5.74, 6) is 0.365. The van der Waals surface area contributed by atoms with Crippen LogP contribution in [0.3, 0.4) is 0 Å². The minimum Gasteiger partial charge on any atom is -0.356 e. The zero-order chi connectivity index (χ0) is 13.5. The van der Waals surface area contributed by atoms with Gasteiger partial charge in [0.25, 0.3) is 0 Å². The number of amides is 2. The second-order valence-corrected chi connectivity index (χ2v) is 4.97. The van der Waals surface area contributed by atoms with Crippen LogP contribution < -0.4 is 11.1 Å². The number of hydrogen-bond acceptors (Lipinski definition) is 3. The number of likely N-dealkylation sites (tertiary alicyclic amines) is 1. The van der Waals surface area contributed by atoms with Crippen LogP contribution in [0.1, 0.15) is 33.1 Å². The van der Waals surface area contributed by atoms with E-state index < -0.39 is 0 Å². The van der Waals surface area contributed by atoms with Crippen molar-refractivity contribution in [3.8, 4) is 0 Å². The molecule has 0 saturated carbocycles. The Hall–Kier alpha value is -1.10. The molecule has 1 saturated heterocycles. The van der Waals surface area contributed by atoms with Gasteiger partial charge in [0.2, 0.25) is 11.8 Å². The van der Waals surface area contributed by atoms with Gasteiger partial charge in [0, 0.05) is 31.5 Å². The third-order valence-corrected chi connectivity index (χ3v) is 3.55. The summed E-state index contributed by atoms with van der Waals surface area (Å²) < 4.78 is 0. The van der Waals surface area contributed by atoms with Gasteiger partial charge in [-0.15, -0.1) is 0 Å². The van der Waals surface area contributed by atoms with Crippen LogP contribution in [0, 0.1) is 11.8 Å². The minimum absolute atomic E-state index is 0.00369. The van der Waals surface area contributed by atoms with Crippen molar-refractivity contribution in [2.75, 3.05) is 26.2 Å². The highest BCUT2D eigenvalue weighted by atomic mass is 16.2. The lowest BCUT2D eigenvalue weighted by Crippen LogP contribution is -2.44. The molecule has 0 bridgehead atoms. The lowest BCUT2D eigenvalue weighted by molar-refractivity contribution is -0.138. The molecular weight excluding hydrogens is 230 g/mol. The molecule has 2 amide bonds. The van der Waals surface area contributed by atoms with Gasteiger partial charge < -0.3 is 16.0 Å². The molecule has 1 aliphatic rings. The second-order valence-electron chi connectivity index (χ2n) is 4.97. The van der Waals surface area contributed by atoms with Crippen LogP contribution in [0.15, 0.2) is 0 Å². The molecule has 0 radical (unpaired) electrons. The van der Waals surface area contributed by atoms with E-state index in [1.807, 2.05) is 18.7 Å². The molecule has 0 aromatic rings. The standard InChI is InChI=1S/C13H25N3O2/c1-3-15-12(17)11-5-8-16(9-6-11)13(18)10(2)4-7-14/h10-11H,3-9,14H2,1-2H3,(H,15,17). The van der Waals surface area contributed by atoms with E-state index in [-0.39, 0.29) is 23.7 Å². The van der Waals surface area contributed by atoms with Gasteiger partial charge in [0.15, 0.2) is 0 Å². The van der Waals surface area contributed by atoms with Gasteiger partial charge in [0.1, 0.15) is 0 Å². The van der Waals surface area contributed by atoms with Gasteiger partial charge in [-0.1, -0.05) is 6.92 Å². The topological polar surface area (TPSA) is 75.4 Å². The Morgan fingerprint density at radius 2 is 2.00 bits per heavy atom. The van der Waals surface area contributed by atoms with Gasteiger partial charge in [0.05, 0.1) is 0 Å². The summed E-state index contributed by atoms with van der Waals surface area (Å²) in [5.41, 5.74) is 5.47. The SMILES string of the molecule is CCNC(=O)C1CCN(C(=O)C(C)CCN)CC1. The third kappa shape index (κ3) is 3.98. The highest BCUT2D eigenvalue weighted by Crippen LogP contribution is 2.19. The number of rotatable bonds is 5. The number of piperidine rings is 1. The van der Waals surface area contributed by atoms with Crippen molar-refractivity contribution < 1.29 is 9.59 Å². The maximum absolute atomic E-state index is 12.1. The van der Waals surface area contributed by atoms with E-state index in [1.165, 1.54) is 0 Å². The number of carbonyl (C=O) groups excluding carboxylic acids is 2. The van der Waals surface area contributed by atoms with Crippen LogP contribution in [-0.2, 0) is 9.59 Å². The maximum Gasteiger partial charge on any atom is 0.225 e. The second kappa shape index (κ2) is 7.36. The Bertz CT molecular complexity index is 286. The fourth-order valence-corrected chi connectivity index (χ4v) is 2.37. The van der Waals surface area contributed by atoms with Crippen molar-refractivity contribution in [3.63, 3.8) is 0 Å². The summed E-state index contributed by atoms with van der Waals surface area (Å²) in [6.07, 6.45) is 2.27. The quantitative estimate of drug-likeness (QED) is 0.744. The third-order valence-electron chi connectivity index (χ3n) is 3.55. The van der Waals surface area contributed by atoms with Crippen LogP contribution in [0.25, 0.3) is 0 Å². The number of hydrogen-bond donors (Lipinski definition) is 2. The lowest BCUT2D eigenvalue weighted by atomic mass is 9.94. The van der Waals surface area contributed by atoms with E-state index in [1.54, 1.807) is 0 Å². The molecule has 1 fully saturated rings. The first kappa shape index (κ1) is 15.0.